The van der Waals surface area contributed by atoms with Gasteiger partial charge < -0.3 is 10.1 Å². The largest absolute Gasteiger partial charge is 0.489 e. The maximum Gasteiger partial charge on any atom is 0.237 e. The predicted octanol–water partition coefficient (Wildman–Crippen LogP) is 2.86. The molecule has 0 aliphatic carbocycles. The number of hydrogen-bond donors (Lipinski definition) is 1. The first-order chi connectivity index (χ1) is 11.6. The summed E-state index contributed by atoms with van der Waals surface area (Å²) in [5.74, 6) is 0.532. The molecule has 24 heavy (non-hydrogen) atoms. The lowest BCUT2D eigenvalue weighted by molar-refractivity contribution is -0.529. The van der Waals surface area contributed by atoms with Gasteiger partial charge in [-0.1, -0.05) is 42.5 Å². The van der Waals surface area contributed by atoms with E-state index < -0.39 is 12.1 Å². The van der Waals surface area contributed by atoms with Crippen molar-refractivity contribution in [1.82, 2.24) is 5.32 Å². The van der Waals surface area contributed by atoms with Crippen LogP contribution in [0.5, 0.6) is 5.75 Å². The van der Waals surface area contributed by atoms with Gasteiger partial charge in [0, 0.05) is 17.8 Å². The standard InChI is InChI=1S/C18H18N2O4/c21-17-11-10-16(20(22)23)18(19-17)14-6-8-15(9-7-14)24-12-13-4-2-1-3-5-13/h1-9,16,18H,10-12H2,(H,19,21)/t16-,18+/m0/s1. The van der Waals surface area contributed by atoms with Gasteiger partial charge in [0.2, 0.25) is 11.9 Å². The van der Waals surface area contributed by atoms with E-state index in [0.717, 1.165) is 11.1 Å². The molecule has 0 radical (unpaired) electrons. The Kier molecular flexibility index (Phi) is 4.74. The summed E-state index contributed by atoms with van der Waals surface area (Å²) >= 11 is 0. The summed E-state index contributed by atoms with van der Waals surface area (Å²) < 4.78 is 5.71. The number of nitrogens with one attached hydrogen (secondary N) is 1. The summed E-state index contributed by atoms with van der Waals surface area (Å²) in [4.78, 5) is 22.5. The lowest BCUT2D eigenvalue weighted by Crippen LogP contribution is -2.45. The third-order valence-corrected chi connectivity index (χ3v) is 4.13. The Bertz CT molecular complexity index is 716. The van der Waals surface area contributed by atoms with Crippen molar-refractivity contribution in [3.05, 3.63) is 75.8 Å². The van der Waals surface area contributed by atoms with E-state index in [-0.39, 0.29) is 23.7 Å². The van der Waals surface area contributed by atoms with Gasteiger partial charge in [-0.25, -0.2) is 0 Å². The monoisotopic (exact) mass is 326 g/mol. The normalized spacial score (nSPS) is 20.2. The van der Waals surface area contributed by atoms with Gasteiger partial charge in [-0.3, -0.25) is 14.9 Å². The summed E-state index contributed by atoms with van der Waals surface area (Å²) in [6, 6.07) is 15.5. The number of hydrogen-bond acceptors (Lipinski definition) is 4. The average Bonchev–Trinajstić information content (AvgIpc) is 2.61. The zero-order valence-electron chi connectivity index (χ0n) is 13.1. The van der Waals surface area contributed by atoms with Gasteiger partial charge in [-0.15, -0.1) is 0 Å². The Balaban J connectivity index is 1.68. The zero-order valence-corrected chi connectivity index (χ0v) is 13.1. The highest BCUT2D eigenvalue weighted by Gasteiger charge is 2.37. The number of carbonyl (C=O) groups is 1. The lowest BCUT2D eigenvalue weighted by Gasteiger charge is -2.26. The van der Waals surface area contributed by atoms with Crippen LogP contribution in [0.25, 0.3) is 0 Å². The van der Waals surface area contributed by atoms with E-state index >= 15 is 0 Å². The van der Waals surface area contributed by atoms with Crippen LogP contribution in [-0.4, -0.2) is 16.9 Å². The number of benzene rings is 2. The highest BCUT2D eigenvalue weighted by Crippen LogP contribution is 2.27. The van der Waals surface area contributed by atoms with Crippen molar-refractivity contribution in [2.24, 2.45) is 0 Å². The van der Waals surface area contributed by atoms with Crippen LogP contribution in [0.1, 0.15) is 30.0 Å². The Hall–Kier alpha value is -2.89. The molecular weight excluding hydrogens is 308 g/mol. The van der Waals surface area contributed by atoms with E-state index in [1.165, 1.54) is 0 Å². The molecule has 1 heterocycles. The van der Waals surface area contributed by atoms with Crippen LogP contribution in [0.15, 0.2) is 54.6 Å². The van der Waals surface area contributed by atoms with E-state index in [1.807, 2.05) is 30.3 Å². The minimum absolute atomic E-state index is 0.150. The minimum Gasteiger partial charge on any atom is -0.489 e. The molecule has 2 aromatic carbocycles. The van der Waals surface area contributed by atoms with Crippen molar-refractivity contribution in [2.75, 3.05) is 0 Å². The van der Waals surface area contributed by atoms with Crippen molar-refractivity contribution < 1.29 is 14.5 Å². The Morgan fingerprint density at radius 1 is 1.12 bits per heavy atom. The number of amides is 1. The molecular formula is C18H18N2O4. The predicted molar refractivity (Wildman–Crippen MR) is 88.1 cm³/mol. The molecule has 1 aliphatic rings. The first kappa shape index (κ1) is 16.0. The van der Waals surface area contributed by atoms with Gasteiger partial charge in [0.05, 0.1) is 0 Å². The Labute approximate surface area is 139 Å². The van der Waals surface area contributed by atoms with E-state index in [0.29, 0.717) is 12.4 Å². The average molecular weight is 326 g/mol. The maximum atomic E-state index is 11.6. The van der Waals surface area contributed by atoms with E-state index in [4.69, 9.17) is 4.74 Å². The number of nitro groups is 1. The van der Waals surface area contributed by atoms with Gasteiger partial charge in [-0.05, 0) is 23.3 Å². The van der Waals surface area contributed by atoms with Gasteiger partial charge in [0.15, 0.2) is 0 Å². The minimum atomic E-state index is -0.793. The molecule has 0 aromatic heterocycles. The molecule has 6 heteroatoms. The van der Waals surface area contributed by atoms with E-state index in [9.17, 15) is 14.9 Å². The highest BCUT2D eigenvalue weighted by atomic mass is 16.6. The van der Waals surface area contributed by atoms with Gasteiger partial charge >= 0.3 is 0 Å². The van der Waals surface area contributed by atoms with Crippen LogP contribution < -0.4 is 10.1 Å². The third kappa shape index (κ3) is 3.71. The quantitative estimate of drug-likeness (QED) is 0.676. The molecule has 2 atom stereocenters. The number of rotatable bonds is 5. The first-order valence-corrected chi connectivity index (χ1v) is 7.83. The van der Waals surface area contributed by atoms with Crippen LogP contribution >= 0.6 is 0 Å². The number of ether oxygens (including phenoxy) is 1. The van der Waals surface area contributed by atoms with Gasteiger partial charge in [0.1, 0.15) is 18.4 Å². The van der Waals surface area contributed by atoms with E-state index in [2.05, 4.69) is 5.32 Å². The summed E-state index contributed by atoms with van der Waals surface area (Å²) in [6.07, 6.45) is 0.455. The fourth-order valence-electron chi connectivity index (χ4n) is 2.83. The molecule has 1 aliphatic heterocycles. The van der Waals surface area contributed by atoms with Crippen molar-refractivity contribution in [3.8, 4) is 5.75 Å². The summed E-state index contributed by atoms with van der Waals surface area (Å²) in [5.41, 5.74) is 1.78. The van der Waals surface area contributed by atoms with Crippen LogP contribution in [0.4, 0.5) is 0 Å². The number of nitrogens with zero attached hydrogens (tertiary/aromatic N) is 1. The highest BCUT2D eigenvalue weighted by molar-refractivity contribution is 5.77. The third-order valence-electron chi connectivity index (χ3n) is 4.13. The molecule has 0 saturated carbocycles. The molecule has 1 fully saturated rings. The second-order valence-corrected chi connectivity index (χ2v) is 5.78. The summed E-state index contributed by atoms with van der Waals surface area (Å²) in [5, 5.41) is 13.9. The van der Waals surface area contributed by atoms with Gasteiger partial charge in [0.25, 0.3) is 0 Å². The van der Waals surface area contributed by atoms with Crippen molar-refractivity contribution in [2.45, 2.75) is 31.5 Å². The van der Waals surface area contributed by atoms with Crippen molar-refractivity contribution in [1.29, 1.82) is 0 Å². The Morgan fingerprint density at radius 3 is 2.50 bits per heavy atom. The van der Waals surface area contributed by atoms with Crippen LogP contribution in [0.2, 0.25) is 0 Å². The second kappa shape index (κ2) is 7.12. The number of piperidine rings is 1. The lowest BCUT2D eigenvalue weighted by atomic mass is 9.92. The van der Waals surface area contributed by atoms with Crippen molar-refractivity contribution >= 4 is 5.91 Å². The second-order valence-electron chi connectivity index (χ2n) is 5.78. The number of carbonyl (C=O) groups excluding carboxylic acids is 1. The Morgan fingerprint density at radius 2 is 1.83 bits per heavy atom. The molecule has 6 nitrogen and oxygen atoms in total. The molecule has 3 rings (SSSR count). The maximum absolute atomic E-state index is 11.6. The van der Waals surface area contributed by atoms with Crippen LogP contribution in [0, 0.1) is 10.1 Å². The zero-order chi connectivity index (χ0) is 16.9. The van der Waals surface area contributed by atoms with Crippen LogP contribution in [0.3, 0.4) is 0 Å². The molecule has 1 N–H and O–H groups in total. The summed E-state index contributed by atoms with van der Waals surface area (Å²) in [7, 11) is 0. The molecule has 0 unspecified atom stereocenters. The SMILES string of the molecule is O=C1CC[C@H]([N+](=O)[O-])[C@@H](c2ccc(OCc3ccccc3)cc2)N1. The van der Waals surface area contributed by atoms with Crippen molar-refractivity contribution in [3.63, 3.8) is 0 Å². The van der Waals surface area contributed by atoms with Crippen LogP contribution in [-0.2, 0) is 11.4 Å². The molecule has 1 amide bonds. The molecule has 0 bridgehead atoms. The topological polar surface area (TPSA) is 81.5 Å². The van der Waals surface area contributed by atoms with E-state index in [1.54, 1.807) is 24.3 Å². The fourth-order valence-corrected chi connectivity index (χ4v) is 2.83. The molecule has 124 valence electrons. The smallest absolute Gasteiger partial charge is 0.237 e. The molecule has 0 spiro atoms. The van der Waals surface area contributed by atoms with Gasteiger partial charge in [-0.2, -0.15) is 0 Å². The summed E-state index contributed by atoms with van der Waals surface area (Å²) in [6.45, 7) is 0.456. The molecule has 2 aromatic rings. The molecule has 1 saturated heterocycles. The fraction of sp³-hybridized carbons (Fsp3) is 0.278. The first-order valence-electron chi connectivity index (χ1n) is 7.83.